The fourth-order valence-corrected chi connectivity index (χ4v) is 2.60. The zero-order chi connectivity index (χ0) is 9.71. The summed E-state index contributed by atoms with van der Waals surface area (Å²) in [5.74, 6) is 0.638. The first-order chi connectivity index (χ1) is 6.74. The van der Waals surface area contributed by atoms with Gasteiger partial charge in [-0.2, -0.15) is 0 Å². The summed E-state index contributed by atoms with van der Waals surface area (Å²) in [6, 6.07) is 0.218. The molecule has 3 rings (SSSR count). The lowest BCUT2D eigenvalue weighted by molar-refractivity contribution is -0.127. The zero-order valence-corrected chi connectivity index (χ0v) is 7.77. The number of rotatable bonds is 0. The van der Waals surface area contributed by atoms with Crippen molar-refractivity contribution in [2.75, 3.05) is 6.54 Å². The van der Waals surface area contributed by atoms with Crippen molar-refractivity contribution in [3.8, 4) is 0 Å². The Morgan fingerprint density at radius 3 is 3.00 bits per heavy atom. The van der Waals surface area contributed by atoms with Gasteiger partial charge in [-0.15, -0.1) is 0 Å². The third kappa shape index (κ3) is 0.983. The number of carbonyl (C=O) groups excluding carboxylic acids is 2. The molecule has 2 heterocycles. The Morgan fingerprint density at radius 2 is 2.14 bits per heavy atom. The van der Waals surface area contributed by atoms with Gasteiger partial charge < -0.3 is 4.90 Å². The summed E-state index contributed by atoms with van der Waals surface area (Å²) in [4.78, 5) is 24.5. The minimum absolute atomic E-state index is 0.105. The van der Waals surface area contributed by atoms with E-state index in [1.165, 1.54) is 5.57 Å². The molecule has 2 atom stereocenters. The summed E-state index contributed by atoms with van der Waals surface area (Å²) in [7, 11) is 0. The monoisotopic (exact) mass is 189 g/mol. The van der Waals surface area contributed by atoms with Crippen LogP contribution in [0.1, 0.15) is 12.8 Å². The van der Waals surface area contributed by atoms with Gasteiger partial charge in [0, 0.05) is 25.0 Å². The number of hydrogen-bond acceptors (Lipinski definition) is 2. The molecule has 0 saturated carbocycles. The predicted molar refractivity (Wildman–Crippen MR) is 50.5 cm³/mol. The Bertz CT molecular complexity index is 381. The lowest BCUT2D eigenvalue weighted by Gasteiger charge is -2.34. The van der Waals surface area contributed by atoms with Gasteiger partial charge >= 0.3 is 0 Å². The van der Waals surface area contributed by atoms with E-state index in [-0.39, 0.29) is 17.7 Å². The molecule has 2 unspecified atom stereocenters. The van der Waals surface area contributed by atoms with E-state index in [0.717, 1.165) is 13.0 Å². The largest absolute Gasteiger partial charge is 0.332 e. The average Bonchev–Trinajstić information content (AvgIpc) is 2.66. The summed E-state index contributed by atoms with van der Waals surface area (Å²) in [6.45, 7) is 0.730. The number of carbonyl (C=O) groups is 2. The molecular weight excluding hydrogens is 178 g/mol. The van der Waals surface area contributed by atoms with Gasteiger partial charge in [-0.3, -0.25) is 9.59 Å². The van der Waals surface area contributed by atoms with Crippen molar-refractivity contribution in [2.45, 2.75) is 18.9 Å². The van der Waals surface area contributed by atoms with E-state index in [0.29, 0.717) is 12.3 Å². The van der Waals surface area contributed by atoms with E-state index in [2.05, 4.69) is 0 Å². The van der Waals surface area contributed by atoms with Gasteiger partial charge in [-0.05, 0) is 12.5 Å². The molecule has 14 heavy (non-hydrogen) atoms. The molecule has 0 aromatic rings. The minimum Gasteiger partial charge on any atom is -0.332 e. The minimum atomic E-state index is 0.105. The molecule has 0 N–H and O–H groups in total. The van der Waals surface area contributed by atoms with Crippen molar-refractivity contribution in [1.82, 2.24) is 4.90 Å². The first-order valence-electron chi connectivity index (χ1n) is 4.96. The molecule has 3 nitrogen and oxygen atoms in total. The second-order valence-corrected chi connectivity index (χ2v) is 4.21. The molecule has 3 aliphatic rings. The highest BCUT2D eigenvalue weighted by Gasteiger charge is 2.38. The molecule has 0 bridgehead atoms. The van der Waals surface area contributed by atoms with E-state index < -0.39 is 0 Å². The first kappa shape index (κ1) is 7.97. The molecule has 1 saturated heterocycles. The molecule has 0 aromatic carbocycles. The second-order valence-electron chi connectivity index (χ2n) is 4.21. The van der Waals surface area contributed by atoms with E-state index in [4.69, 9.17) is 0 Å². The summed E-state index contributed by atoms with van der Waals surface area (Å²) >= 11 is 0. The maximum atomic E-state index is 11.4. The predicted octanol–water partition coefficient (Wildman–Crippen LogP) is 0.672. The van der Waals surface area contributed by atoms with Crippen molar-refractivity contribution in [3.05, 3.63) is 23.8 Å². The third-order valence-corrected chi connectivity index (χ3v) is 3.32. The van der Waals surface area contributed by atoms with Crippen LogP contribution >= 0.6 is 0 Å². The van der Waals surface area contributed by atoms with Gasteiger partial charge in [0.25, 0.3) is 0 Å². The van der Waals surface area contributed by atoms with E-state index in [1.54, 1.807) is 12.2 Å². The Morgan fingerprint density at radius 1 is 1.29 bits per heavy atom. The molecule has 0 spiro atoms. The summed E-state index contributed by atoms with van der Waals surface area (Å²) in [5, 5.41) is 0. The summed E-state index contributed by atoms with van der Waals surface area (Å²) in [5.41, 5.74) is 1.25. The SMILES string of the molecule is O=C1C=C2CC3C=CC(=O)N3CC2C1. The number of hydrogen-bond donors (Lipinski definition) is 0. The van der Waals surface area contributed by atoms with Crippen LogP contribution in [0.2, 0.25) is 0 Å². The van der Waals surface area contributed by atoms with E-state index in [1.807, 2.05) is 11.0 Å². The first-order valence-corrected chi connectivity index (χ1v) is 4.96. The molecule has 1 amide bonds. The van der Waals surface area contributed by atoms with Gasteiger partial charge in [0.1, 0.15) is 0 Å². The van der Waals surface area contributed by atoms with Crippen LogP contribution < -0.4 is 0 Å². The number of amides is 1. The molecule has 0 radical (unpaired) electrons. The number of fused-ring (bicyclic) bond motifs is 2. The lowest BCUT2D eigenvalue weighted by Crippen LogP contribution is -2.42. The van der Waals surface area contributed by atoms with Crippen LogP contribution in [0.25, 0.3) is 0 Å². The van der Waals surface area contributed by atoms with Crippen molar-refractivity contribution in [3.63, 3.8) is 0 Å². The quantitative estimate of drug-likeness (QED) is 0.561. The highest BCUT2D eigenvalue weighted by atomic mass is 16.2. The van der Waals surface area contributed by atoms with Gasteiger partial charge in [-0.25, -0.2) is 0 Å². The molecule has 1 aliphatic carbocycles. The van der Waals surface area contributed by atoms with Crippen LogP contribution in [0.4, 0.5) is 0 Å². The van der Waals surface area contributed by atoms with E-state index in [9.17, 15) is 9.59 Å². The molecular formula is C11H11NO2. The maximum Gasteiger partial charge on any atom is 0.246 e. The Hall–Kier alpha value is -1.38. The number of piperidine rings is 1. The van der Waals surface area contributed by atoms with Crippen molar-refractivity contribution in [2.24, 2.45) is 5.92 Å². The molecule has 1 fully saturated rings. The van der Waals surface area contributed by atoms with Crippen LogP contribution in [0, 0.1) is 5.92 Å². The zero-order valence-electron chi connectivity index (χ0n) is 7.77. The van der Waals surface area contributed by atoms with Crippen molar-refractivity contribution in [1.29, 1.82) is 0 Å². The van der Waals surface area contributed by atoms with Crippen LogP contribution in [0.15, 0.2) is 23.8 Å². The Balaban J connectivity index is 1.90. The normalized spacial score (nSPS) is 34.6. The van der Waals surface area contributed by atoms with Crippen LogP contribution in [0.5, 0.6) is 0 Å². The van der Waals surface area contributed by atoms with Crippen molar-refractivity contribution < 1.29 is 9.59 Å². The highest BCUT2D eigenvalue weighted by Crippen LogP contribution is 2.36. The van der Waals surface area contributed by atoms with Crippen molar-refractivity contribution >= 4 is 11.7 Å². The number of allylic oxidation sites excluding steroid dienone is 1. The van der Waals surface area contributed by atoms with Gasteiger partial charge in [0.15, 0.2) is 5.78 Å². The topological polar surface area (TPSA) is 37.4 Å². The van der Waals surface area contributed by atoms with Crippen LogP contribution in [-0.4, -0.2) is 29.2 Å². The fourth-order valence-electron chi connectivity index (χ4n) is 2.60. The second kappa shape index (κ2) is 2.56. The van der Waals surface area contributed by atoms with Crippen LogP contribution in [-0.2, 0) is 9.59 Å². The Kier molecular flexibility index (Phi) is 1.46. The molecule has 0 aromatic heterocycles. The Labute approximate surface area is 82.1 Å². The molecule has 2 aliphatic heterocycles. The summed E-state index contributed by atoms with van der Waals surface area (Å²) in [6.07, 6.45) is 6.83. The maximum absolute atomic E-state index is 11.4. The van der Waals surface area contributed by atoms with Crippen LogP contribution in [0.3, 0.4) is 0 Å². The molecule has 3 heteroatoms. The summed E-state index contributed by atoms with van der Waals surface area (Å²) < 4.78 is 0. The third-order valence-electron chi connectivity index (χ3n) is 3.32. The highest BCUT2D eigenvalue weighted by molar-refractivity contribution is 5.95. The van der Waals surface area contributed by atoms with E-state index >= 15 is 0 Å². The smallest absolute Gasteiger partial charge is 0.246 e. The van der Waals surface area contributed by atoms with Gasteiger partial charge in [0.05, 0.1) is 6.04 Å². The number of nitrogens with zero attached hydrogens (tertiary/aromatic N) is 1. The lowest BCUT2D eigenvalue weighted by atomic mass is 9.90. The average molecular weight is 189 g/mol. The van der Waals surface area contributed by atoms with Gasteiger partial charge in [0.2, 0.25) is 5.91 Å². The molecule has 72 valence electrons. The standard InChI is InChI=1S/C11H11NO2/c13-10-4-7-3-9-1-2-11(14)12(9)6-8(7)5-10/h1-2,4,8-9H,3,5-6H2. The fraction of sp³-hybridized carbons (Fsp3) is 0.455. The number of ketones is 1. The van der Waals surface area contributed by atoms with Gasteiger partial charge in [-0.1, -0.05) is 11.6 Å².